The third kappa shape index (κ3) is 20.3. The van der Waals surface area contributed by atoms with Gasteiger partial charge in [0.25, 0.3) is 0 Å². The Hall–Kier alpha value is -8.47. The Morgan fingerprint density at radius 3 is 1.44 bits per heavy atom. The van der Waals surface area contributed by atoms with E-state index in [1.807, 2.05) is 44.2 Å². The van der Waals surface area contributed by atoms with Gasteiger partial charge in [0.2, 0.25) is 0 Å². The average Bonchev–Trinajstić information content (AvgIpc) is 1.62. The average molecular weight is 1310 g/mol. The number of likely N-dealkylation sites (tertiary alicyclic amines) is 2. The smallest absolute Gasteiger partial charge is 0.453 e. The maximum Gasteiger partial charge on any atom is 0.453 e. The Morgan fingerprint density at radius 1 is 0.526 bits per heavy atom. The van der Waals surface area contributed by atoms with E-state index in [1.165, 1.54) is 54.9 Å². The summed E-state index contributed by atoms with van der Waals surface area (Å²) in [5.41, 5.74) is 10.5. The van der Waals surface area contributed by atoms with Gasteiger partial charge in [-0.3, -0.25) is 19.4 Å². The van der Waals surface area contributed by atoms with Crippen LogP contribution in [0, 0.1) is 17.8 Å². The molecule has 0 radical (unpaired) electrons. The Balaban J connectivity index is 0.000000144. The van der Waals surface area contributed by atoms with Crippen molar-refractivity contribution in [3.63, 3.8) is 0 Å². The first-order valence-corrected chi connectivity index (χ1v) is 34.1. The molecule has 17 nitrogen and oxygen atoms in total. The fraction of sp³-hybridized carbons (Fsp3) is 0.403. The molecule has 2 spiro atoms. The number of esters is 2. The zero-order valence-corrected chi connectivity index (χ0v) is 57.3. The molecular formula is C77H91N4O13P. The minimum Gasteiger partial charge on any atom is -0.508 e. The molecule has 4 aliphatic heterocycles. The van der Waals surface area contributed by atoms with Crippen molar-refractivity contribution in [1.82, 2.24) is 9.80 Å². The lowest BCUT2D eigenvalue weighted by Crippen LogP contribution is -2.58. The lowest BCUT2D eigenvalue weighted by atomic mass is 9.77. The molecule has 2 saturated heterocycles. The maximum atomic E-state index is 11.7. The second-order valence-corrected chi connectivity index (χ2v) is 29.2. The molecule has 0 bridgehead atoms. The Kier molecular flexibility index (Phi) is 24.1. The highest BCUT2D eigenvalue weighted by Gasteiger charge is 2.48. The number of amides is 2. The predicted octanol–water partition coefficient (Wildman–Crippen LogP) is 12.7. The van der Waals surface area contributed by atoms with Crippen molar-refractivity contribution in [3.05, 3.63) is 208 Å². The van der Waals surface area contributed by atoms with E-state index < -0.39 is 31.3 Å². The van der Waals surface area contributed by atoms with Gasteiger partial charge in [0.1, 0.15) is 40.8 Å². The number of hydrogen-bond acceptors (Lipinski definition) is 15. The SMILES string of the molecule is CC(C)(C)OC(=O)N=NC(=O)OC(C)(C)C.CCOC(=O)CN1CC2(Cc3ccc(O)cc3C2)C1.CCOC(=O)CN1CC2(Cc3ccc(OCc4cccc5c4OCC5)cc3C2)C1.Cc1ccc(P(c2ccccc2)c2ccccc2)cc1.OCc1cccc2c1OCC2. The number of azo groups is 1. The monoisotopic (exact) mass is 1310 g/mol. The molecule has 0 atom stereocenters. The standard InChI is InChI=1S/C24H27NO4.C19H17P.C15H19NO3.C10H18N2O4.C9H10O2/c1-2-27-22(26)13-25-15-24(16-25)11-18-6-7-21(10-20(18)12-24)29-14-19-5-3-4-17-8-9-28-23(17)19;1-16-12-14-19(15-13-16)20(17-8-4-2-5-9-17)18-10-6-3-7-11-18;1-2-19-14(18)8-16-9-15(10-16)6-11-3-4-13(17)5-12(11)7-15;1-9(2,3)15-7(13)11-12-8(14)16-10(4,5)6;10-6-8-3-1-2-7-4-5-11-9(7)8/h3-7,10H,2,8-9,11-16H2,1H3;2-15H,1H3;3-5,17H,2,6-10H2,1H3;1-6H3;1-3,10H,4-6H2. The molecule has 7 aromatic carbocycles. The topological polar surface area (TPSA) is 205 Å². The van der Waals surface area contributed by atoms with E-state index in [-0.39, 0.29) is 29.4 Å². The number of aromatic hydroxyl groups is 1. The van der Waals surface area contributed by atoms with E-state index in [0.29, 0.717) is 38.7 Å². The molecule has 7 aromatic rings. The van der Waals surface area contributed by atoms with Crippen molar-refractivity contribution < 1.29 is 62.5 Å². The van der Waals surface area contributed by atoms with Crippen molar-refractivity contribution in [2.75, 3.05) is 65.7 Å². The number of phenolic OH excluding ortho intramolecular Hbond substituents is 1. The lowest BCUT2D eigenvalue weighted by molar-refractivity contribution is -0.148. The number of aliphatic hydroxyl groups is 1. The highest BCUT2D eigenvalue weighted by molar-refractivity contribution is 7.79. The van der Waals surface area contributed by atoms with E-state index >= 15 is 0 Å². The molecule has 13 rings (SSSR count). The number of benzene rings is 7. The summed E-state index contributed by atoms with van der Waals surface area (Å²) in [6.45, 7) is 23.6. The summed E-state index contributed by atoms with van der Waals surface area (Å²) in [6.07, 6.45) is 4.33. The van der Waals surface area contributed by atoms with Gasteiger partial charge in [0.15, 0.2) is 0 Å². The Labute approximate surface area is 560 Å². The van der Waals surface area contributed by atoms with E-state index in [4.69, 9.17) is 38.3 Å². The number of phenols is 1. The molecule has 2 amide bonds. The van der Waals surface area contributed by atoms with Crippen LogP contribution in [0.15, 0.2) is 168 Å². The molecule has 95 heavy (non-hydrogen) atoms. The van der Waals surface area contributed by atoms with E-state index in [2.05, 4.69) is 148 Å². The van der Waals surface area contributed by atoms with Crippen molar-refractivity contribution in [3.8, 4) is 23.0 Å². The summed E-state index contributed by atoms with van der Waals surface area (Å²) in [6, 6.07) is 54.9. The largest absolute Gasteiger partial charge is 0.508 e. The summed E-state index contributed by atoms with van der Waals surface area (Å²) in [5.74, 6) is 2.91. The van der Waals surface area contributed by atoms with Crippen LogP contribution in [-0.2, 0) is 80.3 Å². The molecule has 2 fully saturated rings. The van der Waals surface area contributed by atoms with Crippen molar-refractivity contribution >= 4 is 48.0 Å². The molecule has 2 N–H and O–H groups in total. The quantitative estimate of drug-likeness (QED) is 0.0477. The number of carbonyl (C=O) groups is 4. The molecule has 2 aliphatic carbocycles. The Bertz CT molecular complexity index is 3690. The molecule has 502 valence electrons. The number of nitrogens with zero attached hydrogens (tertiary/aromatic N) is 4. The van der Waals surface area contributed by atoms with Gasteiger partial charge >= 0.3 is 24.1 Å². The fourth-order valence-electron chi connectivity index (χ4n) is 12.9. The fourth-order valence-corrected chi connectivity index (χ4v) is 15.2. The van der Waals surface area contributed by atoms with Crippen molar-refractivity contribution in [2.45, 2.75) is 125 Å². The summed E-state index contributed by atoms with van der Waals surface area (Å²) >= 11 is 0. The highest BCUT2D eigenvalue weighted by atomic mass is 31.1. The van der Waals surface area contributed by atoms with Crippen LogP contribution in [0.4, 0.5) is 9.59 Å². The number of carbonyl (C=O) groups excluding carboxylic acids is 4. The summed E-state index contributed by atoms with van der Waals surface area (Å²) in [7, 11) is -0.458. The summed E-state index contributed by atoms with van der Waals surface area (Å²) in [5, 5.41) is 28.8. The van der Waals surface area contributed by atoms with Gasteiger partial charge in [0.05, 0.1) is 46.1 Å². The van der Waals surface area contributed by atoms with Crippen LogP contribution in [0.2, 0.25) is 0 Å². The molecule has 0 aromatic heterocycles. The minimum absolute atomic E-state index is 0.0726. The Morgan fingerprint density at radius 2 is 0.968 bits per heavy atom. The molecule has 18 heteroatoms. The van der Waals surface area contributed by atoms with Gasteiger partial charge in [0, 0.05) is 61.0 Å². The second kappa shape index (κ2) is 32.3. The summed E-state index contributed by atoms with van der Waals surface area (Å²) in [4.78, 5) is 49.5. The number of fused-ring (bicyclic) bond motifs is 4. The van der Waals surface area contributed by atoms with Crippen LogP contribution in [0.3, 0.4) is 0 Å². The molecular weight excluding hydrogens is 1220 g/mol. The van der Waals surface area contributed by atoms with Crippen LogP contribution in [-0.4, -0.2) is 121 Å². The van der Waals surface area contributed by atoms with E-state index in [0.717, 1.165) is 106 Å². The second-order valence-electron chi connectivity index (χ2n) is 26.9. The maximum absolute atomic E-state index is 11.7. The van der Waals surface area contributed by atoms with Gasteiger partial charge in [-0.25, -0.2) is 9.59 Å². The number of ether oxygens (including phenoxy) is 7. The van der Waals surface area contributed by atoms with Crippen LogP contribution in [0.5, 0.6) is 23.0 Å². The predicted molar refractivity (Wildman–Crippen MR) is 369 cm³/mol. The number of rotatable bonds is 13. The van der Waals surface area contributed by atoms with Gasteiger partial charge in [-0.1, -0.05) is 149 Å². The number of hydrogen-bond donors (Lipinski definition) is 2. The van der Waals surface area contributed by atoms with E-state index in [1.54, 1.807) is 47.6 Å². The number of aryl methyl sites for hydroxylation is 1. The number of aliphatic hydroxyl groups excluding tert-OH is 1. The van der Waals surface area contributed by atoms with Gasteiger partial charge in [-0.2, -0.15) is 0 Å². The van der Waals surface area contributed by atoms with E-state index in [9.17, 15) is 24.3 Å². The first kappa shape index (κ1) is 70.8. The zero-order chi connectivity index (χ0) is 67.8. The molecule has 0 saturated carbocycles. The first-order valence-electron chi connectivity index (χ1n) is 32.7. The lowest BCUT2D eigenvalue weighted by Gasteiger charge is -2.47. The van der Waals surface area contributed by atoms with Crippen LogP contribution < -0.4 is 30.1 Å². The molecule has 4 heterocycles. The first-order chi connectivity index (χ1) is 45.5. The van der Waals surface area contributed by atoms with Gasteiger partial charge < -0.3 is 43.4 Å². The van der Waals surface area contributed by atoms with Crippen LogP contribution in [0.25, 0.3) is 0 Å². The zero-order valence-electron chi connectivity index (χ0n) is 56.4. The molecule has 0 unspecified atom stereocenters. The third-order valence-corrected chi connectivity index (χ3v) is 19.1. The molecule has 6 aliphatic rings. The van der Waals surface area contributed by atoms with Crippen molar-refractivity contribution in [2.24, 2.45) is 21.1 Å². The van der Waals surface area contributed by atoms with Gasteiger partial charge in [-0.15, -0.1) is 0 Å². The van der Waals surface area contributed by atoms with Gasteiger partial charge in [-0.05, 0) is 169 Å². The van der Waals surface area contributed by atoms with Crippen LogP contribution >= 0.6 is 7.92 Å². The van der Waals surface area contributed by atoms with Crippen molar-refractivity contribution in [1.29, 1.82) is 0 Å². The number of para-hydroxylation sites is 2. The van der Waals surface area contributed by atoms with Crippen LogP contribution in [0.1, 0.15) is 105 Å². The highest BCUT2D eigenvalue weighted by Crippen LogP contribution is 2.46. The summed E-state index contributed by atoms with van der Waals surface area (Å²) < 4.78 is 36.9. The normalized spacial score (nSPS) is 15.7. The third-order valence-electron chi connectivity index (χ3n) is 16.7. The minimum atomic E-state index is -0.918.